The van der Waals surface area contributed by atoms with Crippen molar-refractivity contribution in [3.63, 3.8) is 0 Å². The summed E-state index contributed by atoms with van der Waals surface area (Å²) in [7, 11) is 1.14. The van der Waals surface area contributed by atoms with E-state index in [0.717, 1.165) is 11.4 Å². The molecule has 0 bridgehead atoms. The maximum atomic E-state index is 5.64. The molecular weight excluding hydrogens is 206 g/mol. The summed E-state index contributed by atoms with van der Waals surface area (Å²) in [4.78, 5) is 4.36. The minimum absolute atomic E-state index is 0.540. The molecule has 0 aliphatic rings. The molecule has 84 valence electrons. The first-order valence-corrected chi connectivity index (χ1v) is 7.19. The molecular formula is C11H19NO2Si. The van der Waals surface area contributed by atoms with Gasteiger partial charge in [0.2, 0.25) is 0 Å². The van der Waals surface area contributed by atoms with E-state index in [4.69, 9.17) is 8.85 Å². The number of hydrogen-bond donors (Lipinski definition) is 0. The molecule has 1 aromatic heterocycles. The molecule has 0 radical (unpaired) electrons. The third-order valence-corrected chi connectivity index (χ3v) is 6.14. The van der Waals surface area contributed by atoms with Crippen molar-refractivity contribution in [3.8, 4) is 0 Å². The Morgan fingerprint density at radius 1 is 1.27 bits per heavy atom. The second kappa shape index (κ2) is 5.39. The standard InChI is InChI=1S/C11H19NO2Si/c1-10(2)9-15(13-3,14-4)11-7-5-6-8-12-11/h5-8,10H,9H2,1-4H3. The summed E-state index contributed by atoms with van der Waals surface area (Å²) in [5, 5.41) is 0.962. The molecule has 0 aliphatic carbocycles. The highest BCUT2D eigenvalue weighted by Crippen LogP contribution is 2.17. The Bertz CT molecular complexity index is 286. The van der Waals surface area contributed by atoms with Crippen LogP contribution in [0.15, 0.2) is 24.4 Å². The fraction of sp³-hybridized carbons (Fsp3) is 0.545. The molecule has 0 atom stereocenters. The average molecular weight is 225 g/mol. The Kier molecular flexibility index (Phi) is 4.44. The predicted octanol–water partition coefficient (Wildman–Crippen LogP) is 1.68. The Balaban J connectivity index is 3.00. The zero-order valence-electron chi connectivity index (χ0n) is 9.86. The van der Waals surface area contributed by atoms with Gasteiger partial charge >= 0.3 is 8.56 Å². The summed E-state index contributed by atoms with van der Waals surface area (Å²) in [6.07, 6.45) is 1.79. The highest BCUT2D eigenvalue weighted by Gasteiger charge is 2.40. The van der Waals surface area contributed by atoms with Crippen LogP contribution in [0.5, 0.6) is 0 Å². The zero-order valence-corrected chi connectivity index (χ0v) is 10.9. The van der Waals surface area contributed by atoms with Crippen LogP contribution in [0.4, 0.5) is 0 Å². The summed E-state index contributed by atoms with van der Waals surface area (Å²) in [6.45, 7) is 4.34. The largest absolute Gasteiger partial charge is 0.393 e. The van der Waals surface area contributed by atoms with E-state index in [1.165, 1.54) is 0 Å². The third kappa shape index (κ3) is 2.87. The number of hydrogen-bond acceptors (Lipinski definition) is 3. The normalized spacial score (nSPS) is 12.1. The van der Waals surface area contributed by atoms with Crippen LogP contribution in [-0.2, 0) is 8.85 Å². The van der Waals surface area contributed by atoms with Crippen molar-refractivity contribution < 1.29 is 8.85 Å². The van der Waals surface area contributed by atoms with Gasteiger partial charge in [0, 0.05) is 20.4 Å². The SMILES string of the molecule is CO[Si](CC(C)C)(OC)c1ccccn1. The molecule has 0 fully saturated rings. The van der Waals surface area contributed by atoms with Crippen LogP contribution < -0.4 is 5.32 Å². The molecule has 0 unspecified atom stereocenters. The Hall–Kier alpha value is -0.713. The zero-order chi connectivity index (χ0) is 11.3. The van der Waals surface area contributed by atoms with Crippen molar-refractivity contribution in [2.24, 2.45) is 5.92 Å². The highest BCUT2D eigenvalue weighted by atomic mass is 28.4. The molecule has 3 nitrogen and oxygen atoms in total. The Morgan fingerprint density at radius 3 is 2.33 bits per heavy atom. The Labute approximate surface area is 92.7 Å². The van der Waals surface area contributed by atoms with Crippen molar-refractivity contribution in [2.75, 3.05) is 14.2 Å². The fourth-order valence-corrected chi connectivity index (χ4v) is 4.51. The molecule has 1 rings (SSSR count). The second-order valence-electron chi connectivity index (χ2n) is 3.97. The van der Waals surface area contributed by atoms with Crippen molar-refractivity contribution in [1.82, 2.24) is 4.98 Å². The minimum Gasteiger partial charge on any atom is -0.393 e. The van der Waals surface area contributed by atoms with E-state index >= 15 is 0 Å². The van der Waals surface area contributed by atoms with E-state index in [1.807, 2.05) is 18.2 Å². The van der Waals surface area contributed by atoms with Gasteiger partial charge in [-0.2, -0.15) is 0 Å². The van der Waals surface area contributed by atoms with Gasteiger partial charge in [-0.05, 0) is 24.1 Å². The molecule has 0 saturated heterocycles. The van der Waals surface area contributed by atoms with Gasteiger partial charge in [-0.25, -0.2) is 0 Å². The molecule has 0 spiro atoms. The summed E-state index contributed by atoms with van der Waals surface area (Å²) < 4.78 is 11.3. The van der Waals surface area contributed by atoms with Gasteiger partial charge in [0.15, 0.2) is 0 Å². The predicted molar refractivity (Wildman–Crippen MR) is 63.3 cm³/mol. The maximum absolute atomic E-state index is 5.64. The smallest absolute Gasteiger partial charge is 0.391 e. The number of aromatic nitrogens is 1. The fourth-order valence-electron chi connectivity index (χ4n) is 1.69. The lowest BCUT2D eigenvalue weighted by atomic mass is 10.3. The lowest BCUT2D eigenvalue weighted by Crippen LogP contribution is -2.54. The van der Waals surface area contributed by atoms with Gasteiger partial charge in [-0.15, -0.1) is 0 Å². The first-order chi connectivity index (χ1) is 7.14. The first kappa shape index (κ1) is 12.4. The van der Waals surface area contributed by atoms with Gasteiger partial charge in [0.25, 0.3) is 0 Å². The van der Waals surface area contributed by atoms with E-state index in [1.54, 1.807) is 20.4 Å². The van der Waals surface area contributed by atoms with Crippen molar-refractivity contribution in [2.45, 2.75) is 19.9 Å². The van der Waals surface area contributed by atoms with Crippen LogP contribution >= 0.6 is 0 Å². The quantitative estimate of drug-likeness (QED) is 0.715. The lowest BCUT2D eigenvalue weighted by molar-refractivity contribution is 0.251. The van der Waals surface area contributed by atoms with Crippen molar-refractivity contribution in [3.05, 3.63) is 24.4 Å². The summed E-state index contributed by atoms with van der Waals surface area (Å²) >= 11 is 0. The summed E-state index contributed by atoms with van der Waals surface area (Å²) in [5.74, 6) is 0.540. The summed E-state index contributed by atoms with van der Waals surface area (Å²) in [5.41, 5.74) is 0. The molecule has 0 amide bonds. The van der Waals surface area contributed by atoms with Gasteiger partial charge in [0.1, 0.15) is 0 Å². The van der Waals surface area contributed by atoms with E-state index in [9.17, 15) is 0 Å². The van der Waals surface area contributed by atoms with Crippen LogP contribution in [-0.4, -0.2) is 27.8 Å². The van der Waals surface area contributed by atoms with E-state index in [-0.39, 0.29) is 0 Å². The van der Waals surface area contributed by atoms with E-state index in [2.05, 4.69) is 18.8 Å². The van der Waals surface area contributed by atoms with E-state index < -0.39 is 8.56 Å². The molecule has 0 N–H and O–H groups in total. The van der Waals surface area contributed by atoms with Crippen molar-refractivity contribution in [1.29, 1.82) is 0 Å². The third-order valence-electron chi connectivity index (χ3n) is 2.39. The molecule has 1 aromatic rings. The molecule has 0 aliphatic heterocycles. The molecule has 15 heavy (non-hydrogen) atoms. The lowest BCUT2D eigenvalue weighted by Gasteiger charge is -2.28. The van der Waals surface area contributed by atoms with Crippen LogP contribution in [0.2, 0.25) is 6.04 Å². The van der Waals surface area contributed by atoms with Gasteiger partial charge in [-0.3, -0.25) is 4.98 Å². The average Bonchev–Trinajstić information content (AvgIpc) is 2.27. The number of pyridine rings is 1. The Morgan fingerprint density at radius 2 is 1.93 bits per heavy atom. The van der Waals surface area contributed by atoms with Gasteiger partial charge in [-0.1, -0.05) is 19.9 Å². The highest BCUT2D eigenvalue weighted by molar-refractivity contribution is 6.80. The van der Waals surface area contributed by atoms with Gasteiger partial charge < -0.3 is 8.85 Å². The van der Waals surface area contributed by atoms with Crippen LogP contribution in [0, 0.1) is 5.92 Å². The topological polar surface area (TPSA) is 31.4 Å². The molecule has 0 aromatic carbocycles. The number of rotatable bonds is 5. The van der Waals surface area contributed by atoms with Crippen LogP contribution in [0.25, 0.3) is 0 Å². The van der Waals surface area contributed by atoms with Gasteiger partial charge in [0.05, 0.1) is 5.32 Å². The van der Waals surface area contributed by atoms with E-state index in [0.29, 0.717) is 5.92 Å². The molecule has 4 heteroatoms. The van der Waals surface area contributed by atoms with Crippen LogP contribution in [0.1, 0.15) is 13.8 Å². The first-order valence-electron chi connectivity index (χ1n) is 5.16. The summed E-state index contributed by atoms with van der Waals surface area (Å²) in [6, 6.07) is 6.80. The van der Waals surface area contributed by atoms with Crippen LogP contribution in [0.3, 0.4) is 0 Å². The monoisotopic (exact) mass is 225 g/mol. The minimum atomic E-state index is -2.29. The number of nitrogens with zero attached hydrogens (tertiary/aromatic N) is 1. The second-order valence-corrected chi connectivity index (χ2v) is 7.22. The molecule has 0 saturated carbocycles. The maximum Gasteiger partial charge on any atom is 0.391 e. The van der Waals surface area contributed by atoms with Crippen molar-refractivity contribution >= 4 is 13.9 Å². The molecule has 1 heterocycles.